The molecule has 0 atom stereocenters. The molecule has 1 aliphatic heterocycles. The second kappa shape index (κ2) is 8.76. The monoisotopic (exact) mass is 436 g/mol. The van der Waals surface area contributed by atoms with E-state index in [-0.39, 0.29) is 60.2 Å². The van der Waals surface area contributed by atoms with Gasteiger partial charge in [0.25, 0.3) is 0 Å². The third kappa shape index (κ3) is 4.12. The molecular weight excluding hydrogens is 415 g/mol. The molecule has 0 radical (unpaired) electrons. The number of nitrogens with zero attached hydrogens (tertiary/aromatic N) is 3. The number of fused-ring (bicyclic) bond motifs is 1. The predicted molar refractivity (Wildman–Crippen MR) is 107 cm³/mol. The van der Waals surface area contributed by atoms with Crippen LogP contribution in [0.3, 0.4) is 0 Å². The van der Waals surface area contributed by atoms with Gasteiger partial charge in [-0.2, -0.15) is 4.31 Å². The summed E-state index contributed by atoms with van der Waals surface area (Å²) in [5.74, 6) is -1.41. The van der Waals surface area contributed by atoms with Gasteiger partial charge in [0.05, 0.1) is 23.9 Å². The zero-order chi connectivity index (χ0) is 21.9. The van der Waals surface area contributed by atoms with E-state index in [1.54, 1.807) is 0 Å². The number of carbonyl (C=O) groups is 2. The normalized spacial score (nSPS) is 15.1. The largest absolute Gasteiger partial charge is 0.480 e. The van der Waals surface area contributed by atoms with Gasteiger partial charge in [-0.05, 0) is 24.3 Å². The van der Waals surface area contributed by atoms with Gasteiger partial charge >= 0.3 is 0 Å². The van der Waals surface area contributed by atoms with E-state index in [1.807, 2.05) is 0 Å². The van der Waals surface area contributed by atoms with Crippen LogP contribution in [0.1, 0.15) is 0 Å². The molecule has 1 aliphatic rings. The summed E-state index contributed by atoms with van der Waals surface area (Å²) >= 11 is 0. The van der Waals surface area contributed by atoms with Crippen LogP contribution in [0.2, 0.25) is 0 Å². The van der Waals surface area contributed by atoms with Crippen molar-refractivity contribution in [3.63, 3.8) is 0 Å². The first-order valence-electron chi connectivity index (χ1n) is 9.09. The van der Waals surface area contributed by atoms with Gasteiger partial charge in [0.15, 0.2) is 0 Å². The highest BCUT2D eigenvalue weighted by Crippen LogP contribution is 2.32. The standard InChI is InChI=1S/C19H21FN4O5S/c1-3-16(25)22-12-17(26)23-8-10-24(11-9-23)30(27,28)15-5-4-14(20)18-13(15)6-7-21-19(18)29-2/h3-7H,1,8-12H2,2H3,(H,22,25). The van der Waals surface area contributed by atoms with Gasteiger partial charge < -0.3 is 15.0 Å². The lowest BCUT2D eigenvalue weighted by molar-refractivity contribution is -0.133. The molecule has 1 aromatic carbocycles. The van der Waals surface area contributed by atoms with Crippen molar-refractivity contribution in [1.82, 2.24) is 19.5 Å². The Morgan fingerprint density at radius 1 is 1.27 bits per heavy atom. The first kappa shape index (κ1) is 21.7. The molecule has 1 N–H and O–H groups in total. The van der Waals surface area contributed by atoms with E-state index in [2.05, 4.69) is 16.9 Å². The van der Waals surface area contributed by atoms with Crippen LogP contribution >= 0.6 is 0 Å². The van der Waals surface area contributed by atoms with Gasteiger partial charge in [-0.15, -0.1) is 0 Å². The Morgan fingerprint density at radius 3 is 2.60 bits per heavy atom. The molecule has 0 spiro atoms. The Balaban J connectivity index is 1.80. The highest BCUT2D eigenvalue weighted by Gasteiger charge is 2.32. The molecule has 1 aromatic heterocycles. The Labute approximate surface area is 173 Å². The first-order chi connectivity index (χ1) is 14.3. The number of pyridine rings is 1. The third-order valence-corrected chi connectivity index (χ3v) is 6.76. The van der Waals surface area contributed by atoms with Crippen molar-refractivity contribution in [3.8, 4) is 5.88 Å². The Kier molecular flexibility index (Phi) is 6.32. The van der Waals surface area contributed by atoms with Crippen LogP contribution in [0.4, 0.5) is 4.39 Å². The number of hydrogen-bond donors (Lipinski definition) is 1. The van der Waals surface area contributed by atoms with Gasteiger partial charge in [0.1, 0.15) is 5.82 Å². The zero-order valence-electron chi connectivity index (χ0n) is 16.3. The molecular formula is C19H21FN4O5S. The van der Waals surface area contributed by atoms with Gasteiger partial charge in [-0.25, -0.2) is 17.8 Å². The van der Waals surface area contributed by atoms with Gasteiger partial charge in [-0.1, -0.05) is 6.58 Å². The van der Waals surface area contributed by atoms with Gasteiger partial charge in [0, 0.05) is 37.8 Å². The van der Waals surface area contributed by atoms with Crippen LogP contribution in [0.5, 0.6) is 5.88 Å². The summed E-state index contributed by atoms with van der Waals surface area (Å²) in [6, 6.07) is 3.71. The summed E-state index contributed by atoms with van der Waals surface area (Å²) in [5.41, 5.74) is 0. The van der Waals surface area contributed by atoms with E-state index >= 15 is 0 Å². The molecule has 3 rings (SSSR count). The Bertz CT molecular complexity index is 1100. The van der Waals surface area contributed by atoms with Crippen LogP contribution in [0.15, 0.2) is 41.9 Å². The molecule has 11 heteroatoms. The molecule has 1 saturated heterocycles. The fraction of sp³-hybridized carbons (Fsp3) is 0.316. The predicted octanol–water partition coefficient (Wildman–Crippen LogP) is 0.518. The van der Waals surface area contributed by atoms with Gasteiger partial charge in [0.2, 0.25) is 27.7 Å². The molecule has 0 saturated carbocycles. The highest BCUT2D eigenvalue weighted by atomic mass is 32.2. The zero-order valence-corrected chi connectivity index (χ0v) is 17.1. The van der Waals surface area contributed by atoms with E-state index in [1.165, 1.54) is 34.6 Å². The number of aromatic nitrogens is 1. The fourth-order valence-corrected chi connectivity index (χ4v) is 4.85. The van der Waals surface area contributed by atoms with Crippen LogP contribution in [-0.2, 0) is 19.6 Å². The second-order valence-electron chi connectivity index (χ2n) is 6.50. The minimum Gasteiger partial charge on any atom is -0.480 e. The van der Waals surface area contributed by atoms with Crippen LogP contribution < -0.4 is 10.1 Å². The average Bonchev–Trinajstić information content (AvgIpc) is 2.76. The lowest BCUT2D eigenvalue weighted by atomic mass is 10.1. The molecule has 2 aromatic rings. The molecule has 2 heterocycles. The number of nitrogens with one attached hydrogen (secondary N) is 1. The maximum absolute atomic E-state index is 14.3. The molecule has 30 heavy (non-hydrogen) atoms. The number of ether oxygens (including phenoxy) is 1. The van der Waals surface area contributed by atoms with Crippen molar-refractivity contribution in [2.75, 3.05) is 39.8 Å². The summed E-state index contributed by atoms with van der Waals surface area (Å²) in [5, 5.41) is 2.57. The highest BCUT2D eigenvalue weighted by molar-refractivity contribution is 7.89. The smallest absolute Gasteiger partial charge is 0.243 e. The number of rotatable bonds is 6. The second-order valence-corrected chi connectivity index (χ2v) is 8.40. The number of benzene rings is 1. The van der Waals surface area contributed by atoms with Crippen molar-refractivity contribution in [3.05, 3.63) is 42.9 Å². The van der Waals surface area contributed by atoms with E-state index in [0.29, 0.717) is 0 Å². The van der Waals surface area contributed by atoms with Crippen molar-refractivity contribution < 1.29 is 27.1 Å². The van der Waals surface area contributed by atoms with Crippen molar-refractivity contribution in [1.29, 1.82) is 0 Å². The van der Waals surface area contributed by atoms with E-state index in [4.69, 9.17) is 4.74 Å². The molecule has 0 bridgehead atoms. The molecule has 160 valence electrons. The number of carbonyl (C=O) groups excluding carboxylic acids is 2. The summed E-state index contributed by atoms with van der Waals surface area (Å²) in [4.78, 5) is 28.7. The third-order valence-electron chi connectivity index (χ3n) is 4.80. The van der Waals surface area contributed by atoms with E-state index in [9.17, 15) is 22.4 Å². The first-order valence-corrected chi connectivity index (χ1v) is 10.5. The van der Waals surface area contributed by atoms with Crippen LogP contribution in [0, 0.1) is 5.82 Å². The molecule has 9 nitrogen and oxygen atoms in total. The summed E-state index contributed by atoms with van der Waals surface area (Å²) in [6.45, 7) is 3.61. The molecule has 1 fully saturated rings. The average molecular weight is 436 g/mol. The summed E-state index contributed by atoms with van der Waals surface area (Å²) in [7, 11) is -2.62. The number of methoxy groups -OCH3 is 1. The number of sulfonamides is 1. The number of hydrogen-bond acceptors (Lipinski definition) is 6. The minimum absolute atomic E-state index is 0.000891. The minimum atomic E-state index is -3.95. The summed E-state index contributed by atoms with van der Waals surface area (Å²) in [6.07, 6.45) is 2.42. The molecule has 2 amide bonds. The topological polar surface area (TPSA) is 109 Å². The lowest BCUT2D eigenvalue weighted by Crippen LogP contribution is -2.52. The maximum atomic E-state index is 14.3. The lowest BCUT2D eigenvalue weighted by Gasteiger charge is -2.34. The Hall–Kier alpha value is -3.05. The van der Waals surface area contributed by atoms with Gasteiger partial charge in [-0.3, -0.25) is 9.59 Å². The fourth-order valence-electron chi connectivity index (χ4n) is 3.24. The SMILES string of the molecule is C=CC(=O)NCC(=O)N1CCN(S(=O)(=O)c2ccc(F)c3c(OC)nccc23)CC1. The molecule has 0 unspecified atom stereocenters. The number of halogens is 1. The Morgan fingerprint density at radius 2 is 1.97 bits per heavy atom. The molecule has 0 aliphatic carbocycles. The van der Waals surface area contributed by atoms with Crippen molar-refractivity contribution in [2.24, 2.45) is 0 Å². The van der Waals surface area contributed by atoms with Crippen LogP contribution in [0.25, 0.3) is 10.8 Å². The quantitative estimate of drug-likeness (QED) is 0.662. The summed E-state index contributed by atoms with van der Waals surface area (Å²) < 4.78 is 47.1. The van der Waals surface area contributed by atoms with Crippen molar-refractivity contribution >= 4 is 32.6 Å². The van der Waals surface area contributed by atoms with Crippen molar-refractivity contribution in [2.45, 2.75) is 4.90 Å². The van der Waals surface area contributed by atoms with Crippen LogP contribution in [-0.4, -0.2) is 74.3 Å². The number of amides is 2. The maximum Gasteiger partial charge on any atom is 0.243 e. The number of piperazine rings is 1. The van der Waals surface area contributed by atoms with E-state index in [0.717, 1.165) is 12.1 Å². The van der Waals surface area contributed by atoms with E-state index < -0.39 is 21.7 Å².